The molecule has 6 heteroatoms. The van der Waals surface area contributed by atoms with Crippen molar-refractivity contribution in [1.82, 2.24) is 15.6 Å². The first-order valence-corrected chi connectivity index (χ1v) is 8.04. The molecule has 2 aromatic rings. The van der Waals surface area contributed by atoms with E-state index in [1.807, 2.05) is 36.7 Å². The minimum atomic E-state index is -1.05. The van der Waals surface area contributed by atoms with Crippen molar-refractivity contribution in [3.8, 4) is 0 Å². The molecule has 22 heavy (non-hydrogen) atoms. The number of aliphatic hydroxyl groups is 1. The summed E-state index contributed by atoms with van der Waals surface area (Å²) in [5, 5.41) is 17.7. The molecule has 1 atom stereocenters. The molecule has 118 valence electrons. The van der Waals surface area contributed by atoms with Gasteiger partial charge in [-0.1, -0.05) is 6.07 Å². The molecule has 0 aromatic carbocycles. The van der Waals surface area contributed by atoms with Crippen molar-refractivity contribution in [2.45, 2.75) is 25.9 Å². The zero-order chi connectivity index (χ0) is 16.0. The summed E-state index contributed by atoms with van der Waals surface area (Å²) in [5.74, 6) is 0. The predicted molar refractivity (Wildman–Crippen MR) is 88.0 cm³/mol. The fraction of sp³-hybridized carbons (Fsp3) is 0.375. The maximum atomic E-state index is 11.8. The monoisotopic (exact) mass is 319 g/mol. The van der Waals surface area contributed by atoms with Gasteiger partial charge in [0.1, 0.15) is 5.60 Å². The Balaban J connectivity index is 1.73. The van der Waals surface area contributed by atoms with Crippen LogP contribution in [-0.2, 0) is 12.0 Å². The van der Waals surface area contributed by atoms with E-state index in [0.29, 0.717) is 6.54 Å². The summed E-state index contributed by atoms with van der Waals surface area (Å²) in [4.78, 5) is 16.7. The van der Waals surface area contributed by atoms with E-state index in [9.17, 15) is 9.90 Å². The fourth-order valence-corrected chi connectivity index (χ4v) is 2.87. The van der Waals surface area contributed by atoms with Crippen molar-refractivity contribution in [2.24, 2.45) is 0 Å². The highest BCUT2D eigenvalue weighted by molar-refractivity contribution is 7.10. The van der Waals surface area contributed by atoms with E-state index in [1.165, 1.54) is 16.9 Å². The smallest absolute Gasteiger partial charge is 0.314 e. The molecule has 0 aliphatic carbocycles. The molecule has 0 aliphatic heterocycles. The van der Waals surface area contributed by atoms with E-state index in [1.54, 1.807) is 13.1 Å². The molecular weight excluding hydrogens is 298 g/mol. The van der Waals surface area contributed by atoms with Gasteiger partial charge in [-0.05, 0) is 48.9 Å². The maximum Gasteiger partial charge on any atom is 0.314 e. The van der Waals surface area contributed by atoms with Crippen LogP contribution in [0.1, 0.15) is 22.9 Å². The Hall–Kier alpha value is -1.92. The van der Waals surface area contributed by atoms with E-state index >= 15 is 0 Å². The molecule has 0 aliphatic rings. The number of thiophene rings is 1. The Morgan fingerprint density at radius 1 is 1.41 bits per heavy atom. The third-order valence-electron chi connectivity index (χ3n) is 3.46. The standard InChI is InChI=1S/C16H21N3O2S/c1-12-10-17-7-5-13(12)6-8-18-15(20)19-11-16(2,21)14-4-3-9-22-14/h3-5,7,9-10,21H,6,8,11H2,1-2H3,(H2,18,19,20). The molecule has 0 saturated heterocycles. The molecule has 0 fully saturated rings. The molecule has 2 aromatic heterocycles. The van der Waals surface area contributed by atoms with E-state index in [4.69, 9.17) is 0 Å². The highest BCUT2D eigenvalue weighted by Gasteiger charge is 2.24. The van der Waals surface area contributed by atoms with Gasteiger partial charge in [0.25, 0.3) is 0 Å². The van der Waals surface area contributed by atoms with Crippen molar-refractivity contribution in [3.63, 3.8) is 0 Å². The molecule has 0 saturated carbocycles. The fourth-order valence-electron chi connectivity index (χ4n) is 2.08. The van der Waals surface area contributed by atoms with Crippen LogP contribution in [0.4, 0.5) is 4.79 Å². The highest BCUT2D eigenvalue weighted by atomic mass is 32.1. The van der Waals surface area contributed by atoms with Crippen LogP contribution in [0.5, 0.6) is 0 Å². The van der Waals surface area contributed by atoms with Crippen LogP contribution in [0.15, 0.2) is 36.0 Å². The molecule has 3 N–H and O–H groups in total. The SMILES string of the molecule is Cc1cnccc1CCNC(=O)NCC(C)(O)c1cccs1. The second-order valence-electron chi connectivity index (χ2n) is 5.41. The number of hydrogen-bond acceptors (Lipinski definition) is 4. The minimum absolute atomic E-state index is 0.174. The van der Waals surface area contributed by atoms with Gasteiger partial charge in [0.15, 0.2) is 0 Å². The lowest BCUT2D eigenvalue weighted by atomic mass is 10.1. The van der Waals surface area contributed by atoms with Gasteiger partial charge in [-0.25, -0.2) is 4.79 Å². The molecule has 0 spiro atoms. The van der Waals surface area contributed by atoms with Gasteiger partial charge in [-0.3, -0.25) is 4.98 Å². The summed E-state index contributed by atoms with van der Waals surface area (Å²) < 4.78 is 0. The van der Waals surface area contributed by atoms with Crippen LogP contribution in [0.25, 0.3) is 0 Å². The second-order valence-corrected chi connectivity index (χ2v) is 6.36. The Morgan fingerprint density at radius 3 is 2.91 bits per heavy atom. The second kappa shape index (κ2) is 7.38. The van der Waals surface area contributed by atoms with Crippen LogP contribution < -0.4 is 10.6 Å². The van der Waals surface area contributed by atoms with E-state index in [0.717, 1.165) is 16.9 Å². The van der Waals surface area contributed by atoms with Crippen molar-refractivity contribution in [2.75, 3.05) is 13.1 Å². The summed E-state index contributed by atoms with van der Waals surface area (Å²) >= 11 is 1.47. The summed E-state index contributed by atoms with van der Waals surface area (Å²) in [6.45, 7) is 4.41. The number of carbonyl (C=O) groups is 1. The Labute approximate surface area is 134 Å². The topological polar surface area (TPSA) is 74.2 Å². The number of pyridine rings is 1. The number of nitrogens with one attached hydrogen (secondary N) is 2. The molecule has 0 radical (unpaired) electrons. The van der Waals surface area contributed by atoms with Gasteiger partial charge in [0.2, 0.25) is 0 Å². The highest BCUT2D eigenvalue weighted by Crippen LogP contribution is 2.24. The summed E-state index contributed by atoms with van der Waals surface area (Å²) in [7, 11) is 0. The summed E-state index contributed by atoms with van der Waals surface area (Å²) in [5.41, 5.74) is 1.24. The maximum absolute atomic E-state index is 11.8. The quantitative estimate of drug-likeness (QED) is 0.764. The third kappa shape index (κ3) is 4.54. The lowest BCUT2D eigenvalue weighted by Crippen LogP contribution is -2.43. The number of amides is 2. The first kappa shape index (κ1) is 16.5. The average Bonchev–Trinajstić information content (AvgIpc) is 3.02. The van der Waals surface area contributed by atoms with Crippen molar-refractivity contribution in [3.05, 3.63) is 52.0 Å². The van der Waals surface area contributed by atoms with Gasteiger partial charge in [-0.2, -0.15) is 0 Å². The number of aromatic nitrogens is 1. The van der Waals surface area contributed by atoms with Crippen LogP contribution in [-0.4, -0.2) is 29.2 Å². The number of aryl methyl sites for hydroxylation is 1. The number of rotatable bonds is 6. The van der Waals surface area contributed by atoms with Gasteiger partial charge >= 0.3 is 6.03 Å². The molecule has 2 amide bonds. The van der Waals surface area contributed by atoms with Crippen LogP contribution >= 0.6 is 11.3 Å². The van der Waals surface area contributed by atoms with Crippen LogP contribution in [0.3, 0.4) is 0 Å². The Bertz CT molecular complexity index is 612. The molecular formula is C16H21N3O2S. The zero-order valence-corrected chi connectivity index (χ0v) is 13.6. The number of urea groups is 1. The zero-order valence-electron chi connectivity index (χ0n) is 12.8. The normalized spacial score (nSPS) is 13.4. The average molecular weight is 319 g/mol. The largest absolute Gasteiger partial charge is 0.383 e. The molecule has 1 unspecified atom stereocenters. The minimum Gasteiger partial charge on any atom is -0.383 e. The third-order valence-corrected chi connectivity index (χ3v) is 4.58. The summed E-state index contributed by atoms with van der Waals surface area (Å²) in [6.07, 6.45) is 4.32. The van der Waals surface area contributed by atoms with Gasteiger partial charge in [-0.15, -0.1) is 11.3 Å². The number of nitrogens with zero attached hydrogens (tertiary/aromatic N) is 1. The van der Waals surface area contributed by atoms with Crippen molar-refractivity contribution >= 4 is 17.4 Å². The molecule has 2 rings (SSSR count). The molecule has 0 bridgehead atoms. The lowest BCUT2D eigenvalue weighted by Gasteiger charge is -2.22. The first-order chi connectivity index (χ1) is 10.5. The van der Waals surface area contributed by atoms with E-state index in [-0.39, 0.29) is 12.6 Å². The summed E-state index contributed by atoms with van der Waals surface area (Å²) in [6, 6.07) is 5.42. The number of carbonyl (C=O) groups excluding carboxylic acids is 1. The Morgan fingerprint density at radius 2 is 2.23 bits per heavy atom. The van der Waals surface area contributed by atoms with Crippen molar-refractivity contribution in [1.29, 1.82) is 0 Å². The van der Waals surface area contributed by atoms with Crippen LogP contribution in [0, 0.1) is 6.92 Å². The van der Waals surface area contributed by atoms with Gasteiger partial charge in [0, 0.05) is 23.8 Å². The molecule has 5 nitrogen and oxygen atoms in total. The number of hydrogen-bond donors (Lipinski definition) is 3. The molecule has 2 heterocycles. The Kier molecular flexibility index (Phi) is 5.51. The van der Waals surface area contributed by atoms with Gasteiger partial charge in [0.05, 0.1) is 6.54 Å². The van der Waals surface area contributed by atoms with Gasteiger partial charge < -0.3 is 15.7 Å². The van der Waals surface area contributed by atoms with E-state index in [2.05, 4.69) is 15.6 Å². The van der Waals surface area contributed by atoms with E-state index < -0.39 is 5.60 Å². The predicted octanol–water partition coefficient (Wildman–Crippen LogP) is 2.20. The van der Waals surface area contributed by atoms with Crippen molar-refractivity contribution < 1.29 is 9.90 Å². The lowest BCUT2D eigenvalue weighted by molar-refractivity contribution is 0.0631. The first-order valence-electron chi connectivity index (χ1n) is 7.16. The van der Waals surface area contributed by atoms with Crippen LogP contribution in [0.2, 0.25) is 0 Å².